The molecule has 0 fully saturated rings. The van der Waals surface area contributed by atoms with Gasteiger partial charge < -0.3 is 9.72 Å². The number of carbonyl (C=O) groups excluding carboxylic acids is 1. The number of ether oxygens (including phenoxy) is 1. The molecular weight excluding hydrogens is 296 g/mol. The van der Waals surface area contributed by atoms with Gasteiger partial charge in [-0.1, -0.05) is 34.8 Å². The Morgan fingerprint density at radius 2 is 2.00 bits per heavy atom. The summed E-state index contributed by atoms with van der Waals surface area (Å²) < 4.78 is 3.20. The molecule has 0 aliphatic heterocycles. The fraction of sp³-hybridized carbons (Fsp3) is 0.250. The summed E-state index contributed by atoms with van der Waals surface area (Å²) in [5.74, 6) is 0.0874. The molecule has 0 amide bonds. The van der Waals surface area contributed by atoms with Crippen LogP contribution in [-0.4, -0.2) is 21.7 Å². The lowest BCUT2D eigenvalue weighted by atomic mass is 10.1. The number of H-pyrrole nitrogens is 1. The first-order valence-electron chi connectivity index (χ1n) is 5.12. The second kappa shape index (κ2) is 4.65. The number of benzene rings is 1. The maximum Gasteiger partial charge on any atom is 0.253 e. The van der Waals surface area contributed by atoms with Crippen LogP contribution in [0.4, 0.5) is 0 Å². The molecule has 0 radical (unpaired) electrons. The highest BCUT2D eigenvalue weighted by molar-refractivity contribution is 6.77. The molecule has 3 nitrogen and oxygen atoms in total. The van der Waals surface area contributed by atoms with E-state index in [1.165, 1.54) is 0 Å². The average molecular weight is 307 g/mol. The molecule has 0 spiro atoms. The Bertz CT molecular complexity index is 614. The van der Waals surface area contributed by atoms with E-state index in [1.807, 2.05) is 13.0 Å². The van der Waals surface area contributed by atoms with Crippen molar-refractivity contribution in [3.05, 3.63) is 29.5 Å². The van der Waals surface area contributed by atoms with Crippen LogP contribution in [0.3, 0.4) is 0 Å². The highest BCUT2D eigenvalue weighted by Gasteiger charge is 2.33. The van der Waals surface area contributed by atoms with Gasteiger partial charge in [-0.15, -0.1) is 0 Å². The van der Waals surface area contributed by atoms with Gasteiger partial charge in [0.2, 0.25) is 5.78 Å². The lowest BCUT2D eigenvalue weighted by Crippen LogP contribution is -2.18. The number of hydrogen-bond acceptors (Lipinski definition) is 2. The van der Waals surface area contributed by atoms with Crippen molar-refractivity contribution in [2.24, 2.45) is 0 Å². The third kappa shape index (κ3) is 2.30. The number of ketones is 1. The van der Waals surface area contributed by atoms with Gasteiger partial charge in [-0.3, -0.25) is 4.79 Å². The molecular formula is C12H10Cl3NO2. The second-order valence-electron chi connectivity index (χ2n) is 3.90. The lowest BCUT2D eigenvalue weighted by molar-refractivity contribution is 0.0998. The molecule has 0 aliphatic carbocycles. The summed E-state index contributed by atoms with van der Waals surface area (Å²) >= 11 is 16.9. The number of aromatic nitrogens is 1. The van der Waals surface area contributed by atoms with E-state index in [0.29, 0.717) is 16.7 Å². The van der Waals surface area contributed by atoms with E-state index in [4.69, 9.17) is 39.5 Å². The molecule has 0 bridgehead atoms. The summed E-state index contributed by atoms with van der Waals surface area (Å²) in [4.78, 5) is 15.0. The van der Waals surface area contributed by atoms with Crippen molar-refractivity contribution in [1.29, 1.82) is 0 Å². The summed E-state index contributed by atoms with van der Waals surface area (Å²) in [7, 11) is 1.56. The predicted octanol–water partition coefficient (Wildman–Crippen LogP) is 4.04. The quantitative estimate of drug-likeness (QED) is 0.672. The van der Waals surface area contributed by atoms with Crippen LogP contribution >= 0.6 is 34.8 Å². The number of aromatic amines is 1. The van der Waals surface area contributed by atoms with E-state index in [9.17, 15) is 4.79 Å². The number of fused-ring (bicyclic) bond motifs is 1. The van der Waals surface area contributed by atoms with Crippen LogP contribution in [0.2, 0.25) is 0 Å². The van der Waals surface area contributed by atoms with Gasteiger partial charge in [-0.2, -0.15) is 0 Å². The number of rotatable bonds is 2. The average Bonchev–Trinajstić information content (AvgIpc) is 2.70. The van der Waals surface area contributed by atoms with Gasteiger partial charge in [0.25, 0.3) is 3.79 Å². The number of aryl methyl sites for hydroxylation is 1. The van der Waals surface area contributed by atoms with Crippen molar-refractivity contribution in [2.75, 3.05) is 7.11 Å². The van der Waals surface area contributed by atoms with Gasteiger partial charge in [-0.25, -0.2) is 0 Å². The molecule has 0 atom stereocenters. The number of nitrogens with one attached hydrogen (secondary N) is 1. The van der Waals surface area contributed by atoms with Gasteiger partial charge in [0, 0.05) is 22.7 Å². The first kappa shape index (κ1) is 13.5. The molecule has 1 aromatic carbocycles. The Balaban J connectivity index is 2.67. The SMILES string of the molecule is COc1cc(C)c2[nH]cc(C(=O)C(Cl)(Cl)Cl)c2c1. The van der Waals surface area contributed by atoms with E-state index in [0.717, 1.165) is 11.1 Å². The summed E-state index contributed by atoms with van der Waals surface area (Å²) in [5.41, 5.74) is 2.12. The Hall–Kier alpha value is -0.900. The minimum atomic E-state index is -1.97. The number of Topliss-reactive ketones (excluding diaryl/α,β-unsaturated/α-hetero) is 1. The lowest BCUT2D eigenvalue weighted by Gasteiger charge is -2.09. The van der Waals surface area contributed by atoms with Crippen molar-refractivity contribution in [3.63, 3.8) is 0 Å². The van der Waals surface area contributed by atoms with Gasteiger partial charge in [0.15, 0.2) is 0 Å². The molecule has 0 saturated heterocycles. The standard InChI is InChI=1S/C12H10Cl3NO2/c1-6-3-7(18-2)4-8-9(5-16-10(6)8)11(17)12(13,14)15/h3-5,16H,1-2H3. The zero-order chi connectivity index (χ0) is 13.5. The molecule has 96 valence electrons. The first-order valence-corrected chi connectivity index (χ1v) is 6.25. The number of carbonyl (C=O) groups is 1. The molecule has 0 aliphatic rings. The largest absolute Gasteiger partial charge is 0.497 e. The second-order valence-corrected chi connectivity index (χ2v) is 6.18. The molecule has 1 N–H and O–H groups in total. The third-order valence-electron chi connectivity index (χ3n) is 2.70. The minimum absolute atomic E-state index is 0.340. The first-order chi connectivity index (χ1) is 8.34. The molecule has 2 aromatic rings. The van der Waals surface area contributed by atoms with Crippen LogP contribution in [0.25, 0.3) is 10.9 Å². The number of alkyl halides is 3. The van der Waals surface area contributed by atoms with Crippen LogP contribution in [0.5, 0.6) is 5.75 Å². The molecule has 2 rings (SSSR count). The summed E-state index contributed by atoms with van der Waals surface area (Å²) in [6.45, 7) is 1.91. The Morgan fingerprint density at radius 3 is 2.56 bits per heavy atom. The fourth-order valence-corrected chi connectivity index (χ4v) is 2.14. The molecule has 6 heteroatoms. The highest BCUT2D eigenvalue weighted by atomic mass is 35.6. The van der Waals surface area contributed by atoms with Crippen molar-refractivity contribution in [3.8, 4) is 5.75 Å². The van der Waals surface area contributed by atoms with Gasteiger partial charge in [0.05, 0.1) is 7.11 Å². The fourth-order valence-electron chi connectivity index (χ4n) is 1.84. The van der Waals surface area contributed by atoms with Gasteiger partial charge >= 0.3 is 0 Å². The van der Waals surface area contributed by atoms with Crippen molar-refractivity contribution in [2.45, 2.75) is 10.7 Å². The number of methoxy groups -OCH3 is 1. The Kier molecular flexibility index (Phi) is 3.49. The molecule has 1 heterocycles. The summed E-state index contributed by atoms with van der Waals surface area (Å²) in [6.07, 6.45) is 1.54. The van der Waals surface area contributed by atoms with Crippen LogP contribution in [0.15, 0.2) is 18.3 Å². The third-order valence-corrected chi connectivity index (χ3v) is 3.21. The van der Waals surface area contributed by atoms with E-state index >= 15 is 0 Å². The van der Waals surface area contributed by atoms with Crippen molar-refractivity contribution >= 4 is 51.5 Å². The Morgan fingerprint density at radius 1 is 1.33 bits per heavy atom. The van der Waals surface area contributed by atoms with Crippen molar-refractivity contribution < 1.29 is 9.53 Å². The maximum absolute atomic E-state index is 12.0. The monoisotopic (exact) mass is 305 g/mol. The number of halogens is 3. The molecule has 0 unspecified atom stereocenters. The topological polar surface area (TPSA) is 42.1 Å². The van der Waals surface area contributed by atoms with Crippen molar-refractivity contribution in [1.82, 2.24) is 4.98 Å². The van der Waals surface area contributed by atoms with E-state index in [2.05, 4.69) is 4.98 Å². The van der Waals surface area contributed by atoms with Crippen LogP contribution in [-0.2, 0) is 0 Å². The highest BCUT2D eigenvalue weighted by Crippen LogP contribution is 2.35. The van der Waals surface area contributed by atoms with Gasteiger partial charge in [0.1, 0.15) is 5.75 Å². The minimum Gasteiger partial charge on any atom is -0.497 e. The maximum atomic E-state index is 12.0. The van der Waals surface area contributed by atoms with Crippen LogP contribution in [0.1, 0.15) is 15.9 Å². The predicted molar refractivity (Wildman–Crippen MR) is 74.2 cm³/mol. The van der Waals surface area contributed by atoms with E-state index in [1.54, 1.807) is 19.4 Å². The zero-order valence-electron chi connectivity index (χ0n) is 9.68. The molecule has 18 heavy (non-hydrogen) atoms. The van der Waals surface area contributed by atoms with Crippen LogP contribution in [0, 0.1) is 6.92 Å². The number of hydrogen-bond donors (Lipinski definition) is 1. The van der Waals surface area contributed by atoms with E-state index in [-0.39, 0.29) is 0 Å². The Labute approximate surface area is 119 Å². The molecule has 1 aromatic heterocycles. The zero-order valence-corrected chi connectivity index (χ0v) is 12.0. The smallest absolute Gasteiger partial charge is 0.253 e. The normalized spacial score (nSPS) is 11.8. The summed E-state index contributed by atoms with van der Waals surface area (Å²) in [5, 5.41) is 0.683. The van der Waals surface area contributed by atoms with Crippen LogP contribution < -0.4 is 4.74 Å². The summed E-state index contributed by atoms with van der Waals surface area (Å²) in [6, 6.07) is 3.60. The van der Waals surface area contributed by atoms with E-state index < -0.39 is 9.58 Å². The van der Waals surface area contributed by atoms with Gasteiger partial charge in [-0.05, 0) is 24.6 Å². The molecule has 0 saturated carbocycles.